The molecule has 3 rings (SSSR count). The summed E-state index contributed by atoms with van der Waals surface area (Å²) in [6.45, 7) is 2.43. The van der Waals surface area contributed by atoms with Crippen molar-refractivity contribution < 1.29 is 22.6 Å². The number of nitrogens with one attached hydrogen (secondary N) is 2. The van der Waals surface area contributed by atoms with Gasteiger partial charge in [0.05, 0.1) is 18.5 Å². The molecule has 3 aromatic rings. The number of alkyl halides is 3. The van der Waals surface area contributed by atoms with E-state index >= 15 is 0 Å². The van der Waals surface area contributed by atoms with Gasteiger partial charge in [-0.1, -0.05) is 23.7 Å². The van der Waals surface area contributed by atoms with E-state index in [1.54, 1.807) is 30.3 Å². The van der Waals surface area contributed by atoms with Crippen LogP contribution in [0.25, 0.3) is 11.3 Å². The summed E-state index contributed by atoms with van der Waals surface area (Å²) in [4.78, 5) is 8.76. The smallest absolute Gasteiger partial charge is 0.495 e. The lowest BCUT2D eigenvalue weighted by Gasteiger charge is -2.14. The number of ether oxygens (including phenoxy) is 2. The summed E-state index contributed by atoms with van der Waals surface area (Å²) in [5.74, 6) is 0.916. The molecule has 2 N–H and O–H groups in total. The second-order valence-corrected chi connectivity index (χ2v) is 6.47. The van der Waals surface area contributed by atoms with Crippen molar-refractivity contribution in [3.63, 3.8) is 0 Å². The summed E-state index contributed by atoms with van der Waals surface area (Å²) in [5, 5.41) is 6.62. The van der Waals surface area contributed by atoms with Crippen molar-refractivity contribution in [1.29, 1.82) is 0 Å². The largest absolute Gasteiger partial charge is 0.573 e. The molecule has 0 amide bonds. The monoisotopic (exact) mass is 438 g/mol. The van der Waals surface area contributed by atoms with Crippen molar-refractivity contribution in [2.45, 2.75) is 13.3 Å². The summed E-state index contributed by atoms with van der Waals surface area (Å²) in [5.41, 5.74) is 1.41. The van der Waals surface area contributed by atoms with Crippen molar-refractivity contribution >= 4 is 29.1 Å². The first-order valence-electron chi connectivity index (χ1n) is 8.87. The van der Waals surface area contributed by atoms with E-state index in [9.17, 15) is 13.2 Å². The van der Waals surface area contributed by atoms with E-state index < -0.39 is 6.36 Å². The van der Waals surface area contributed by atoms with Crippen LogP contribution in [0.5, 0.6) is 11.5 Å². The van der Waals surface area contributed by atoms with Crippen LogP contribution < -0.4 is 20.1 Å². The van der Waals surface area contributed by atoms with Gasteiger partial charge in [0.25, 0.3) is 0 Å². The molecule has 0 saturated heterocycles. The number of anilines is 3. The molecule has 0 unspecified atom stereocenters. The molecule has 0 aliphatic heterocycles. The van der Waals surface area contributed by atoms with Gasteiger partial charge in [0.15, 0.2) is 0 Å². The highest BCUT2D eigenvalue weighted by atomic mass is 35.5. The fourth-order valence-electron chi connectivity index (χ4n) is 2.66. The number of nitrogens with zero attached hydrogens (tertiary/aromatic N) is 2. The lowest BCUT2D eigenvalue weighted by molar-refractivity contribution is -0.274. The number of hydrogen-bond donors (Lipinski definition) is 2. The third kappa shape index (κ3) is 5.66. The number of rotatable bonds is 7. The normalized spacial score (nSPS) is 11.1. The molecular weight excluding hydrogens is 421 g/mol. The van der Waals surface area contributed by atoms with Crippen molar-refractivity contribution in [2.24, 2.45) is 0 Å². The zero-order valence-electron chi connectivity index (χ0n) is 16.0. The Morgan fingerprint density at radius 3 is 2.57 bits per heavy atom. The highest BCUT2D eigenvalue weighted by Crippen LogP contribution is 2.32. The summed E-state index contributed by atoms with van der Waals surface area (Å²) in [7, 11) is 1.52. The van der Waals surface area contributed by atoms with Crippen molar-refractivity contribution in [2.75, 3.05) is 24.3 Å². The lowest BCUT2D eigenvalue weighted by atomic mass is 10.1. The maximum absolute atomic E-state index is 12.6. The van der Waals surface area contributed by atoms with Crippen LogP contribution in [-0.4, -0.2) is 30.0 Å². The van der Waals surface area contributed by atoms with Gasteiger partial charge in [-0.25, -0.2) is 4.98 Å². The molecule has 0 aliphatic carbocycles. The second kappa shape index (κ2) is 9.08. The molecule has 1 aromatic heterocycles. The first kappa shape index (κ1) is 21.5. The van der Waals surface area contributed by atoms with Gasteiger partial charge < -0.3 is 20.1 Å². The van der Waals surface area contributed by atoms with Gasteiger partial charge in [-0.05, 0) is 37.3 Å². The number of methoxy groups -OCH3 is 1. The zero-order chi connectivity index (χ0) is 21.7. The van der Waals surface area contributed by atoms with Crippen LogP contribution >= 0.6 is 11.6 Å². The molecule has 0 bridgehead atoms. The van der Waals surface area contributed by atoms with Crippen LogP contribution in [0.3, 0.4) is 0 Å². The molecule has 6 nitrogen and oxygen atoms in total. The van der Waals surface area contributed by atoms with E-state index in [4.69, 9.17) is 16.3 Å². The predicted octanol–water partition coefficient (Wildman–Crippen LogP) is 5.88. The molecule has 0 spiro atoms. The van der Waals surface area contributed by atoms with E-state index in [2.05, 4.69) is 25.3 Å². The van der Waals surface area contributed by atoms with Gasteiger partial charge in [-0.3, -0.25) is 0 Å². The van der Waals surface area contributed by atoms with Crippen molar-refractivity contribution in [1.82, 2.24) is 9.97 Å². The average molecular weight is 439 g/mol. The Bertz CT molecular complexity index is 1030. The molecule has 0 atom stereocenters. The molecule has 2 aromatic carbocycles. The van der Waals surface area contributed by atoms with E-state index in [1.165, 1.54) is 25.3 Å². The standard InChI is InChI=1S/C20H18ClF3N4O2/c1-3-25-19-27-15(12-5-4-6-14(9-12)30-20(22,23)24)11-18(28-19)26-16-10-13(21)7-8-17(16)29-2/h4-11H,3H2,1-2H3,(H2,25,26,27,28). The Hall–Kier alpha value is -3.20. The summed E-state index contributed by atoms with van der Waals surface area (Å²) < 4.78 is 47.0. The fourth-order valence-corrected chi connectivity index (χ4v) is 2.84. The Morgan fingerprint density at radius 1 is 1.07 bits per heavy atom. The number of aromatic nitrogens is 2. The van der Waals surface area contributed by atoms with E-state index in [0.717, 1.165) is 0 Å². The zero-order valence-corrected chi connectivity index (χ0v) is 16.8. The molecule has 158 valence electrons. The van der Waals surface area contributed by atoms with Gasteiger partial charge >= 0.3 is 6.36 Å². The maximum atomic E-state index is 12.6. The number of hydrogen-bond acceptors (Lipinski definition) is 6. The minimum Gasteiger partial charge on any atom is -0.495 e. The van der Waals surface area contributed by atoms with Crippen molar-refractivity contribution in [3.8, 4) is 22.8 Å². The third-order valence-electron chi connectivity index (χ3n) is 3.85. The van der Waals surface area contributed by atoms with Crippen LogP contribution in [0, 0.1) is 0 Å². The number of benzene rings is 2. The van der Waals surface area contributed by atoms with Crippen LogP contribution in [-0.2, 0) is 0 Å². The minimum atomic E-state index is -4.78. The third-order valence-corrected chi connectivity index (χ3v) is 4.08. The Labute approximate surface area is 176 Å². The fraction of sp³-hybridized carbons (Fsp3) is 0.200. The first-order valence-corrected chi connectivity index (χ1v) is 9.25. The number of halogens is 4. The summed E-state index contributed by atoms with van der Waals surface area (Å²) in [6.07, 6.45) is -4.78. The molecule has 0 radical (unpaired) electrons. The van der Waals surface area contributed by atoms with E-state index in [1.807, 2.05) is 6.92 Å². The molecule has 30 heavy (non-hydrogen) atoms. The Morgan fingerprint density at radius 2 is 1.87 bits per heavy atom. The Balaban J connectivity index is 2.00. The molecule has 10 heteroatoms. The Kier molecular flexibility index (Phi) is 6.51. The van der Waals surface area contributed by atoms with Gasteiger partial charge in [0.1, 0.15) is 17.3 Å². The molecule has 0 fully saturated rings. The van der Waals surface area contributed by atoms with E-state index in [-0.39, 0.29) is 5.75 Å². The van der Waals surface area contributed by atoms with Crippen LogP contribution in [0.15, 0.2) is 48.5 Å². The predicted molar refractivity (Wildman–Crippen MR) is 110 cm³/mol. The minimum absolute atomic E-state index is 0.306. The SMILES string of the molecule is CCNc1nc(Nc2cc(Cl)ccc2OC)cc(-c2cccc(OC(F)(F)F)c2)n1. The van der Waals surface area contributed by atoms with Crippen LogP contribution in [0.2, 0.25) is 5.02 Å². The van der Waals surface area contributed by atoms with Crippen molar-refractivity contribution in [3.05, 3.63) is 53.6 Å². The van der Waals surface area contributed by atoms with Gasteiger partial charge in [0.2, 0.25) is 5.95 Å². The highest BCUT2D eigenvalue weighted by molar-refractivity contribution is 6.31. The highest BCUT2D eigenvalue weighted by Gasteiger charge is 2.31. The first-order chi connectivity index (χ1) is 14.3. The molecule has 1 heterocycles. The van der Waals surface area contributed by atoms with Crippen LogP contribution in [0.4, 0.5) is 30.6 Å². The lowest BCUT2D eigenvalue weighted by Crippen LogP contribution is -2.17. The van der Waals surface area contributed by atoms with Crippen LogP contribution in [0.1, 0.15) is 6.92 Å². The topological polar surface area (TPSA) is 68.3 Å². The molecule has 0 aliphatic rings. The van der Waals surface area contributed by atoms with Gasteiger partial charge in [0, 0.05) is 23.2 Å². The average Bonchev–Trinajstić information content (AvgIpc) is 2.67. The summed E-state index contributed by atoms with van der Waals surface area (Å²) >= 11 is 6.07. The quantitative estimate of drug-likeness (QED) is 0.480. The van der Waals surface area contributed by atoms with E-state index in [0.29, 0.717) is 46.0 Å². The maximum Gasteiger partial charge on any atom is 0.573 e. The summed E-state index contributed by atoms with van der Waals surface area (Å²) in [6, 6.07) is 12.2. The van der Waals surface area contributed by atoms with Gasteiger partial charge in [-0.2, -0.15) is 4.98 Å². The second-order valence-electron chi connectivity index (χ2n) is 6.04. The molecular formula is C20H18ClF3N4O2. The molecule has 0 saturated carbocycles. The van der Waals surface area contributed by atoms with Gasteiger partial charge in [-0.15, -0.1) is 13.2 Å².